The molecule has 4 aliphatic rings. The maximum Gasteiger partial charge on any atom is 0.245 e. The Kier molecular flexibility index (Phi) is 5.69. The van der Waals surface area contributed by atoms with Crippen molar-refractivity contribution in [2.45, 2.75) is 82.7 Å². The Hall–Kier alpha value is -1.59. The van der Waals surface area contributed by atoms with Crippen LogP contribution in [0.3, 0.4) is 0 Å². The minimum absolute atomic E-state index is 0.0648. The predicted octanol–water partition coefficient (Wildman–Crippen LogP) is 2.07. The fourth-order valence-electron chi connectivity index (χ4n) is 5.52. The molecule has 150 valence electrons. The summed E-state index contributed by atoms with van der Waals surface area (Å²) in [6.45, 7) is 1.43. The van der Waals surface area contributed by atoms with E-state index >= 15 is 0 Å². The molecule has 4 fully saturated rings. The second-order valence-electron chi connectivity index (χ2n) is 8.97. The van der Waals surface area contributed by atoms with Crippen LogP contribution in [0.25, 0.3) is 0 Å². The van der Waals surface area contributed by atoms with Crippen molar-refractivity contribution in [2.75, 3.05) is 19.6 Å². The Bertz CT molecular complexity index is 581. The lowest BCUT2D eigenvalue weighted by molar-refractivity contribution is -0.157. The number of fused-ring (bicyclic) bond motifs is 1. The van der Waals surface area contributed by atoms with Gasteiger partial charge < -0.3 is 15.1 Å². The van der Waals surface area contributed by atoms with E-state index in [4.69, 9.17) is 0 Å². The molecule has 2 heterocycles. The Labute approximate surface area is 162 Å². The molecule has 0 spiro atoms. The molecule has 2 saturated carbocycles. The highest BCUT2D eigenvalue weighted by atomic mass is 16.2. The van der Waals surface area contributed by atoms with Crippen molar-refractivity contribution in [2.24, 2.45) is 11.8 Å². The van der Waals surface area contributed by atoms with Crippen molar-refractivity contribution in [3.63, 3.8) is 0 Å². The molecule has 3 amide bonds. The molecule has 2 aliphatic carbocycles. The maximum absolute atomic E-state index is 13.0. The summed E-state index contributed by atoms with van der Waals surface area (Å²) in [5, 5.41) is 2.98. The van der Waals surface area contributed by atoms with E-state index in [0.717, 1.165) is 32.1 Å². The Morgan fingerprint density at radius 1 is 0.926 bits per heavy atom. The van der Waals surface area contributed by atoms with Crippen LogP contribution < -0.4 is 5.32 Å². The van der Waals surface area contributed by atoms with Crippen molar-refractivity contribution in [3.05, 3.63) is 0 Å². The summed E-state index contributed by atoms with van der Waals surface area (Å²) in [7, 11) is 0. The standard InChI is InChI=1S/C21H33N3O3/c25-19-18-14-23(20(26)16-9-5-2-6-10-16)11-12-24(18)21(27)17(22-19)13-15-7-3-1-4-8-15/h15-18H,1-14H2,(H,22,25)/t17-,18+/m0/s1. The summed E-state index contributed by atoms with van der Waals surface area (Å²) in [5.74, 6) is 0.857. The number of nitrogens with one attached hydrogen (secondary N) is 1. The lowest BCUT2D eigenvalue weighted by Gasteiger charge is -2.46. The number of nitrogens with zero attached hydrogens (tertiary/aromatic N) is 2. The van der Waals surface area contributed by atoms with Crippen LogP contribution in [0.4, 0.5) is 0 Å². The topological polar surface area (TPSA) is 69.7 Å². The number of carbonyl (C=O) groups is 3. The highest BCUT2D eigenvalue weighted by molar-refractivity contribution is 5.97. The molecule has 4 rings (SSSR count). The number of carbonyl (C=O) groups excluding carboxylic acids is 3. The van der Waals surface area contributed by atoms with Gasteiger partial charge in [0.15, 0.2) is 0 Å². The summed E-state index contributed by atoms with van der Waals surface area (Å²) in [5.41, 5.74) is 0. The van der Waals surface area contributed by atoms with Crippen molar-refractivity contribution in [1.29, 1.82) is 0 Å². The lowest BCUT2D eigenvalue weighted by Crippen LogP contribution is -2.70. The van der Waals surface area contributed by atoms with Crippen LogP contribution in [0.2, 0.25) is 0 Å². The zero-order valence-electron chi connectivity index (χ0n) is 16.3. The SMILES string of the molecule is O=C1N[C@@H](CC2CCCCC2)C(=O)N2CCN(C(=O)C3CCCCC3)C[C@H]12. The first kappa shape index (κ1) is 18.8. The Morgan fingerprint density at radius 2 is 1.59 bits per heavy atom. The highest BCUT2D eigenvalue weighted by Gasteiger charge is 2.45. The van der Waals surface area contributed by atoms with Gasteiger partial charge in [-0.1, -0.05) is 51.4 Å². The minimum Gasteiger partial charge on any atom is -0.342 e. The van der Waals surface area contributed by atoms with Crippen LogP contribution in [0.1, 0.15) is 70.6 Å². The highest BCUT2D eigenvalue weighted by Crippen LogP contribution is 2.30. The fraction of sp³-hybridized carbons (Fsp3) is 0.857. The van der Waals surface area contributed by atoms with Crippen LogP contribution in [0.5, 0.6) is 0 Å². The third-order valence-corrected chi connectivity index (χ3v) is 7.14. The molecule has 0 aromatic heterocycles. The van der Waals surface area contributed by atoms with E-state index in [-0.39, 0.29) is 29.7 Å². The van der Waals surface area contributed by atoms with Gasteiger partial charge >= 0.3 is 0 Å². The first-order chi connectivity index (χ1) is 13.1. The Balaban J connectivity index is 1.37. The predicted molar refractivity (Wildman–Crippen MR) is 102 cm³/mol. The molecule has 2 aliphatic heterocycles. The zero-order valence-corrected chi connectivity index (χ0v) is 16.3. The van der Waals surface area contributed by atoms with Gasteiger partial charge in [-0.3, -0.25) is 14.4 Å². The first-order valence-electron chi connectivity index (χ1n) is 11.0. The molecule has 0 aromatic carbocycles. The molecular formula is C21H33N3O3. The fourth-order valence-corrected chi connectivity index (χ4v) is 5.52. The molecule has 0 radical (unpaired) electrons. The second-order valence-corrected chi connectivity index (χ2v) is 8.97. The van der Waals surface area contributed by atoms with Crippen LogP contribution in [0, 0.1) is 11.8 Å². The maximum atomic E-state index is 13.0. The lowest BCUT2D eigenvalue weighted by atomic mass is 9.83. The molecule has 2 atom stereocenters. The second kappa shape index (κ2) is 8.19. The first-order valence-corrected chi connectivity index (χ1v) is 11.0. The average molecular weight is 376 g/mol. The number of hydrogen-bond acceptors (Lipinski definition) is 3. The number of rotatable bonds is 3. The van der Waals surface area contributed by atoms with Gasteiger partial charge in [0.25, 0.3) is 0 Å². The summed E-state index contributed by atoms with van der Waals surface area (Å²) < 4.78 is 0. The molecule has 2 saturated heterocycles. The van der Waals surface area contributed by atoms with Gasteiger partial charge in [-0.15, -0.1) is 0 Å². The van der Waals surface area contributed by atoms with Crippen LogP contribution in [0.15, 0.2) is 0 Å². The average Bonchev–Trinajstić information content (AvgIpc) is 2.72. The van der Waals surface area contributed by atoms with Gasteiger partial charge in [-0.2, -0.15) is 0 Å². The largest absolute Gasteiger partial charge is 0.342 e. The molecule has 1 N–H and O–H groups in total. The summed E-state index contributed by atoms with van der Waals surface area (Å²) in [6, 6.07) is -0.862. The monoisotopic (exact) mass is 375 g/mol. The zero-order chi connectivity index (χ0) is 18.8. The quantitative estimate of drug-likeness (QED) is 0.821. The number of amides is 3. The van der Waals surface area contributed by atoms with Gasteiger partial charge in [0.05, 0.1) is 6.54 Å². The summed E-state index contributed by atoms with van der Waals surface area (Å²) in [4.78, 5) is 42.1. The molecule has 0 bridgehead atoms. The normalized spacial score (nSPS) is 30.8. The van der Waals surface area contributed by atoms with E-state index < -0.39 is 6.04 Å². The number of piperazine rings is 2. The molecule has 27 heavy (non-hydrogen) atoms. The summed E-state index contributed by atoms with van der Waals surface area (Å²) in [6.07, 6.45) is 12.3. The third kappa shape index (κ3) is 3.99. The van der Waals surface area contributed by atoms with E-state index in [1.165, 1.54) is 38.5 Å². The summed E-state index contributed by atoms with van der Waals surface area (Å²) >= 11 is 0. The third-order valence-electron chi connectivity index (χ3n) is 7.14. The minimum atomic E-state index is -0.499. The van der Waals surface area contributed by atoms with Crippen molar-refractivity contribution in [1.82, 2.24) is 15.1 Å². The van der Waals surface area contributed by atoms with Crippen molar-refractivity contribution >= 4 is 17.7 Å². The van der Waals surface area contributed by atoms with Gasteiger partial charge in [0, 0.05) is 19.0 Å². The van der Waals surface area contributed by atoms with E-state index in [9.17, 15) is 14.4 Å². The van der Waals surface area contributed by atoms with Crippen LogP contribution in [-0.2, 0) is 14.4 Å². The van der Waals surface area contributed by atoms with E-state index in [0.29, 0.717) is 25.6 Å². The Morgan fingerprint density at radius 3 is 2.30 bits per heavy atom. The van der Waals surface area contributed by atoms with E-state index in [1.54, 1.807) is 4.90 Å². The molecule has 6 heteroatoms. The van der Waals surface area contributed by atoms with Gasteiger partial charge in [0.2, 0.25) is 17.7 Å². The molecule has 0 aromatic rings. The molecule has 6 nitrogen and oxygen atoms in total. The van der Waals surface area contributed by atoms with Crippen LogP contribution in [-0.4, -0.2) is 59.2 Å². The van der Waals surface area contributed by atoms with E-state index in [2.05, 4.69) is 5.32 Å². The van der Waals surface area contributed by atoms with Crippen molar-refractivity contribution in [3.8, 4) is 0 Å². The smallest absolute Gasteiger partial charge is 0.245 e. The molecular weight excluding hydrogens is 342 g/mol. The number of hydrogen-bond donors (Lipinski definition) is 1. The molecule has 0 unspecified atom stereocenters. The van der Waals surface area contributed by atoms with Crippen LogP contribution >= 0.6 is 0 Å². The van der Waals surface area contributed by atoms with Crippen molar-refractivity contribution < 1.29 is 14.4 Å². The van der Waals surface area contributed by atoms with E-state index in [1.807, 2.05) is 4.90 Å². The van der Waals surface area contributed by atoms with Gasteiger partial charge in [-0.25, -0.2) is 0 Å². The van der Waals surface area contributed by atoms with Gasteiger partial charge in [-0.05, 0) is 25.2 Å². The van der Waals surface area contributed by atoms with Gasteiger partial charge in [0.1, 0.15) is 12.1 Å².